The molecule has 1 rings (SSSR count). The van der Waals surface area contributed by atoms with Crippen molar-refractivity contribution in [3.63, 3.8) is 0 Å². The van der Waals surface area contributed by atoms with Crippen molar-refractivity contribution in [2.75, 3.05) is 31.5 Å². The van der Waals surface area contributed by atoms with Crippen molar-refractivity contribution in [3.8, 4) is 11.5 Å². The number of anilines is 1. The van der Waals surface area contributed by atoms with E-state index < -0.39 is 0 Å². The summed E-state index contributed by atoms with van der Waals surface area (Å²) in [5.41, 5.74) is 0.351. The molecule has 0 radical (unpaired) electrons. The van der Waals surface area contributed by atoms with Gasteiger partial charge in [-0.15, -0.1) is 0 Å². The molecule has 0 aromatic heterocycles. The van der Waals surface area contributed by atoms with Crippen LogP contribution in [-0.2, 0) is 0 Å². The van der Waals surface area contributed by atoms with Crippen molar-refractivity contribution in [1.29, 1.82) is 0 Å². The van der Waals surface area contributed by atoms with Crippen LogP contribution in [0.2, 0.25) is 0 Å². The Labute approximate surface area is 119 Å². The van der Waals surface area contributed by atoms with E-state index in [2.05, 4.69) is 29.4 Å². The minimum Gasteiger partial charge on any atom is -0.508 e. The second kappa shape index (κ2) is 8.27. The highest BCUT2D eigenvalue weighted by atomic mass is 16.3. The molecule has 1 aromatic rings. The van der Waals surface area contributed by atoms with Gasteiger partial charge in [0.2, 0.25) is 0 Å². The van der Waals surface area contributed by atoms with Crippen LogP contribution < -0.4 is 10.6 Å². The van der Waals surface area contributed by atoms with Gasteiger partial charge in [-0.2, -0.15) is 0 Å². The predicted molar refractivity (Wildman–Crippen MR) is 79.2 cm³/mol. The van der Waals surface area contributed by atoms with Crippen molar-refractivity contribution in [1.82, 2.24) is 10.2 Å². The third-order valence-electron chi connectivity index (χ3n) is 2.99. The number of nitrogens with one attached hydrogen (secondary N) is 2. The van der Waals surface area contributed by atoms with E-state index in [-0.39, 0.29) is 17.5 Å². The molecule has 0 bridgehead atoms. The molecule has 0 fully saturated rings. The second-order valence-corrected chi connectivity index (χ2v) is 4.50. The van der Waals surface area contributed by atoms with E-state index in [0.29, 0.717) is 12.2 Å². The standard InChI is InChI=1S/C14H23N3O3/c1-3-17(4-2)7-5-6-15-14(20)16-11-8-12(18)10-13(19)9-11/h8-10,18-19H,3-7H2,1-2H3,(H2,15,16,20). The quantitative estimate of drug-likeness (QED) is 0.576. The molecule has 6 nitrogen and oxygen atoms in total. The molecule has 0 aliphatic carbocycles. The lowest BCUT2D eigenvalue weighted by atomic mass is 10.3. The molecule has 2 amide bonds. The van der Waals surface area contributed by atoms with E-state index in [1.807, 2.05) is 0 Å². The van der Waals surface area contributed by atoms with E-state index in [1.54, 1.807) is 0 Å². The number of phenols is 2. The molecule has 0 saturated carbocycles. The highest BCUT2D eigenvalue weighted by molar-refractivity contribution is 5.89. The van der Waals surface area contributed by atoms with Crippen molar-refractivity contribution >= 4 is 11.7 Å². The summed E-state index contributed by atoms with van der Waals surface area (Å²) in [6.07, 6.45) is 0.875. The van der Waals surface area contributed by atoms with Crippen molar-refractivity contribution in [3.05, 3.63) is 18.2 Å². The van der Waals surface area contributed by atoms with Crippen LogP contribution in [0.5, 0.6) is 11.5 Å². The van der Waals surface area contributed by atoms with Crippen LogP contribution in [-0.4, -0.2) is 47.3 Å². The molecule has 0 heterocycles. The SMILES string of the molecule is CCN(CC)CCCNC(=O)Nc1cc(O)cc(O)c1. The van der Waals surface area contributed by atoms with Crippen LogP contribution in [0.4, 0.5) is 10.5 Å². The highest BCUT2D eigenvalue weighted by Crippen LogP contribution is 2.23. The van der Waals surface area contributed by atoms with E-state index in [9.17, 15) is 15.0 Å². The third-order valence-corrected chi connectivity index (χ3v) is 2.99. The third kappa shape index (κ3) is 5.79. The summed E-state index contributed by atoms with van der Waals surface area (Å²) in [6, 6.07) is 3.59. The van der Waals surface area contributed by atoms with Crippen LogP contribution in [0.15, 0.2) is 18.2 Å². The topological polar surface area (TPSA) is 84.8 Å². The molecule has 112 valence electrons. The first-order valence-electron chi connectivity index (χ1n) is 6.85. The zero-order chi connectivity index (χ0) is 15.0. The van der Waals surface area contributed by atoms with E-state index in [4.69, 9.17) is 0 Å². The molecular weight excluding hydrogens is 258 g/mol. The van der Waals surface area contributed by atoms with Crippen molar-refractivity contribution in [2.45, 2.75) is 20.3 Å². The van der Waals surface area contributed by atoms with Gasteiger partial charge in [0.05, 0.1) is 0 Å². The van der Waals surface area contributed by atoms with Gasteiger partial charge in [0.1, 0.15) is 11.5 Å². The van der Waals surface area contributed by atoms with Gasteiger partial charge < -0.3 is 25.7 Å². The summed E-state index contributed by atoms with van der Waals surface area (Å²) >= 11 is 0. The molecular formula is C14H23N3O3. The van der Waals surface area contributed by atoms with E-state index >= 15 is 0 Å². The number of hydrogen-bond donors (Lipinski definition) is 4. The Bertz CT molecular complexity index is 413. The van der Waals surface area contributed by atoms with Gasteiger partial charge in [-0.1, -0.05) is 13.8 Å². The van der Waals surface area contributed by atoms with Gasteiger partial charge in [0.25, 0.3) is 0 Å². The van der Waals surface area contributed by atoms with Gasteiger partial charge in [-0.25, -0.2) is 4.79 Å². The number of amides is 2. The molecule has 4 N–H and O–H groups in total. The van der Waals surface area contributed by atoms with Crippen LogP contribution in [0.25, 0.3) is 0 Å². The highest BCUT2D eigenvalue weighted by Gasteiger charge is 2.04. The average Bonchev–Trinajstić information content (AvgIpc) is 2.37. The fourth-order valence-corrected chi connectivity index (χ4v) is 1.89. The summed E-state index contributed by atoms with van der Waals surface area (Å²) in [5, 5.41) is 23.9. The Morgan fingerprint density at radius 3 is 2.30 bits per heavy atom. The first-order chi connectivity index (χ1) is 9.55. The molecule has 0 aliphatic heterocycles. The Hall–Kier alpha value is -1.95. The molecule has 1 aromatic carbocycles. The molecule has 0 atom stereocenters. The number of nitrogens with zero attached hydrogens (tertiary/aromatic N) is 1. The molecule has 0 unspecified atom stereocenters. The lowest BCUT2D eigenvalue weighted by Gasteiger charge is -2.17. The monoisotopic (exact) mass is 281 g/mol. The number of carbonyl (C=O) groups is 1. The maximum absolute atomic E-state index is 11.6. The number of urea groups is 1. The number of aromatic hydroxyl groups is 2. The maximum Gasteiger partial charge on any atom is 0.319 e. The summed E-state index contributed by atoms with van der Waals surface area (Å²) in [4.78, 5) is 13.9. The number of benzene rings is 1. The van der Waals surface area contributed by atoms with Crippen molar-refractivity contribution < 1.29 is 15.0 Å². The smallest absolute Gasteiger partial charge is 0.319 e. The van der Waals surface area contributed by atoms with Gasteiger partial charge in [0.15, 0.2) is 0 Å². The van der Waals surface area contributed by atoms with Crippen LogP contribution in [0.3, 0.4) is 0 Å². The van der Waals surface area contributed by atoms with Gasteiger partial charge in [-0.3, -0.25) is 0 Å². The Morgan fingerprint density at radius 2 is 1.75 bits per heavy atom. The summed E-state index contributed by atoms with van der Waals surface area (Å²) in [5.74, 6) is -0.191. The first kappa shape index (κ1) is 16.1. The molecule has 0 spiro atoms. The Kier molecular flexibility index (Phi) is 6.66. The average molecular weight is 281 g/mol. The van der Waals surface area contributed by atoms with E-state index in [0.717, 1.165) is 26.1 Å². The number of phenolic OH excluding ortho intramolecular Hbond substituents is 2. The predicted octanol–water partition coefficient (Wildman–Crippen LogP) is 1.95. The van der Waals surface area contributed by atoms with Gasteiger partial charge in [-0.05, 0) is 26.1 Å². The van der Waals surface area contributed by atoms with Crippen molar-refractivity contribution in [2.24, 2.45) is 0 Å². The largest absolute Gasteiger partial charge is 0.508 e. The minimum atomic E-state index is -0.352. The van der Waals surface area contributed by atoms with E-state index in [1.165, 1.54) is 18.2 Å². The number of rotatable bonds is 7. The zero-order valence-corrected chi connectivity index (χ0v) is 12.0. The molecule has 0 saturated heterocycles. The normalized spacial score (nSPS) is 10.6. The molecule has 20 heavy (non-hydrogen) atoms. The lowest BCUT2D eigenvalue weighted by molar-refractivity contribution is 0.250. The molecule has 0 aliphatic rings. The van der Waals surface area contributed by atoms with Crippen LogP contribution in [0.1, 0.15) is 20.3 Å². The van der Waals surface area contributed by atoms with Crippen LogP contribution >= 0.6 is 0 Å². The summed E-state index contributed by atoms with van der Waals surface area (Å²) in [7, 11) is 0. The minimum absolute atomic E-state index is 0.0955. The second-order valence-electron chi connectivity index (χ2n) is 4.50. The summed E-state index contributed by atoms with van der Waals surface area (Å²) in [6.45, 7) is 7.75. The fourth-order valence-electron chi connectivity index (χ4n) is 1.89. The van der Waals surface area contributed by atoms with Gasteiger partial charge in [0, 0.05) is 30.4 Å². The zero-order valence-electron chi connectivity index (χ0n) is 12.0. The number of hydrogen-bond acceptors (Lipinski definition) is 4. The first-order valence-corrected chi connectivity index (χ1v) is 6.85. The fraction of sp³-hybridized carbons (Fsp3) is 0.500. The Morgan fingerprint density at radius 1 is 1.15 bits per heavy atom. The molecule has 6 heteroatoms. The number of carbonyl (C=O) groups excluding carboxylic acids is 1. The Balaban J connectivity index is 2.30. The lowest BCUT2D eigenvalue weighted by Crippen LogP contribution is -2.32. The van der Waals surface area contributed by atoms with Crippen LogP contribution in [0, 0.1) is 0 Å². The maximum atomic E-state index is 11.6. The summed E-state index contributed by atoms with van der Waals surface area (Å²) < 4.78 is 0. The van der Waals surface area contributed by atoms with Gasteiger partial charge >= 0.3 is 6.03 Å².